The number of hydrogen-bond acceptors (Lipinski definition) is 3. The van der Waals surface area contributed by atoms with Gasteiger partial charge in [-0.3, -0.25) is 4.79 Å². The van der Waals surface area contributed by atoms with Crippen molar-refractivity contribution in [1.29, 1.82) is 0 Å². The van der Waals surface area contributed by atoms with Crippen molar-refractivity contribution < 1.29 is 14.3 Å². The van der Waals surface area contributed by atoms with Crippen molar-refractivity contribution in [3.63, 3.8) is 0 Å². The van der Waals surface area contributed by atoms with Gasteiger partial charge >= 0.3 is 0 Å². The summed E-state index contributed by atoms with van der Waals surface area (Å²) in [5, 5.41) is 3.61. The summed E-state index contributed by atoms with van der Waals surface area (Å²) in [4.78, 5) is 12.2. The summed E-state index contributed by atoms with van der Waals surface area (Å²) in [7, 11) is 1.54. The third-order valence-corrected chi connectivity index (χ3v) is 3.46. The highest BCUT2D eigenvalue weighted by Gasteiger charge is 2.17. The van der Waals surface area contributed by atoms with E-state index < -0.39 is 6.10 Å². The molecule has 0 fully saturated rings. The monoisotopic (exact) mass is 339 g/mol. The van der Waals surface area contributed by atoms with Crippen LogP contribution >= 0.6 is 23.2 Å². The zero-order valence-corrected chi connectivity index (χ0v) is 13.6. The Morgan fingerprint density at radius 3 is 2.55 bits per heavy atom. The zero-order chi connectivity index (χ0) is 16.1. The predicted octanol–water partition coefficient (Wildman–Crippen LogP) is 4.41. The Hall–Kier alpha value is -1.91. The van der Waals surface area contributed by atoms with Crippen LogP contribution in [-0.4, -0.2) is 19.1 Å². The van der Waals surface area contributed by atoms with E-state index in [4.69, 9.17) is 32.7 Å². The minimum Gasteiger partial charge on any atom is -0.495 e. The van der Waals surface area contributed by atoms with Crippen LogP contribution < -0.4 is 14.8 Å². The van der Waals surface area contributed by atoms with Crippen LogP contribution in [0.15, 0.2) is 42.5 Å². The lowest BCUT2D eigenvalue weighted by atomic mass is 10.2. The van der Waals surface area contributed by atoms with Crippen LogP contribution in [0.5, 0.6) is 11.5 Å². The van der Waals surface area contributed by atoms with Crippen LogP contribution in [0, 0.1) is 0 Å². The number of halogens is 2. The number of benzene rings is 2. The fraction of sp³-hybridized carbons (Fsp3) is 0.188. The lowest BCUT2D eigenvalue weighted by molar-refractivity contribution is -0.122. The van der Waals surface area contributed by atoms with Crippen molar-refractivity contribution in [3.8, 4) is 11.5 Å². The molecule has 0 saturated carbocycles. The molecule has 0 aliphatic heterocycles. The molecule has 0 radical (unpaired) electrons. The molecule has 1 amide bonds. The molecule has 2 aromatic carbocycles. The molecule has 0 heterocycles. The molecule has 4 nitrogen and oxygen atoms in total. The molecular weight excluding hydrogens is 325 g/mol. The van der Waals surface area contributed by atoms with Gasteiger partial charge < -0.3 is 14.8 Å². The molecule has 0 bridgehead atoms. The Balaban J connectivity index is 2.06. The number of ether oxygens (including phenoxy) is 2. The minimum atomic E-state index is -0.733. The SMILES string of the molecule is COc1ccccc1NC(=O)[C@H](C)Oc1ccc(Cl)cc1Cl. The number of methoxy groups -OCH3 is 1. The van der Waals surface area contributed by atoms with Crippen molar-refractivity contribution in [3.05, 3.63) is 52.5 Å². The molecule has 0 unspecified atom stereocenters. The van der Waals surface area contributed by atoms with Gasteiger partial charge in [0.2, 0.25) is 0 Å². The Labute approximate surface area is 138 Å². The Morgan fingerprint density at radius 2 is 1.86 bits per heavy atom. The highest BCUT2D eigenvalue weighted by Crippen LogP contribution is 2.29. The number of carbonyl (C=O) groups excluding carboxylic acids is 1. The standard InChI is InChI=1S/C16H15Cl2NO3/c1-10(22-14-8-7-11(17)9-12(14)18)16(20)19-13-5-3-4-6-15(13)21-2/h3-10H,1-2H3,(H,19,20)/t10-/m0/s1. The van der Waals surface area contributed by atoms with Crippen LogP contribution in [0.25, 0.3) is 0 Å². The second-order valence-electron chi connectivity index (χ2n) is 4.52. The number of amides is 1. The first-order valence-corrected chi connectivity index (χ1v) is 7.32. The molecule has 2 rings (SSSR count). The Kier molecular flexibility index (Phi) is 5.52. The number of hydrogen-bond donors (Lipinski definition) is 1. The lowest BCUT2D eigenvalue weighted by Gasteiger charge is -2.16. The summed E-state index contributed by atoms with van der Waals surface area (Å²) in [5.74, 6) is 0.664. The largest absolute Gasteiger partial charge is 0.495 e. The van der Waals surface area contributed by atoms with Gasteiger partial charge in [-0.25, -0.2) is 0 Å². The van der Waals surface area contributed by atoms with Gasteiger partial charge in [-0.15, -0.1) is 0 Å². The third-order valence-electron chi connectivity index (χ3n) is 2.93. The van der Waals surface area contributed by atoms with Crippen molar-refractivity contribution in [1.82, 2.24) is 0 Å². The first kappa shape index (κ1) is 16.5. The van der Waals surface area contributed by atoms with E-state index in [1.807, 2.05) is 6.07 Å². The van der Waals surface area contributed by atoms with E-state index in [1.165, 1.54) is 0 Å². The summed E-state index contributed by atoms with van der Waals surface area (Å²) < 4.78 is 10.7. The van der Waals surface area contributed by atoms with Gasteiger partial charge in [-0.05, 0) is 37.3 Å². The van der Waals surface area contributed by atoms with Gasteiger partial charge in [0.1, 0.15) is 11.5 Å². The summed E-state index contributed by atoms with van der Waals surface area (Å²) in [6, 6.07) is 12.0. The minimum absolute atomic E-state index is 0.310. The highest BCUT2D eigenvalue weighted by molar-refractivity contribution is 6.35. The molecule has 0 aromatic heterocycles. The van der Waals surface area contributed by atoms with Crippen molar-refractivity contribution in [2.24, 2.45) is 0 Å². The maximum absolute atomic E-state index is 12.2. The highest BCUT2D eigenvalue weighted by atomic mass is 35.5. The first-order chi connectivity index (χ1) is 10.5. The quantitative estimate of drug-likeness (QED) is 0.877. The van der Waals surface area contributed by atoms with Crippen molar-refractivity contribution >= 4 is 34.8 Å². The van der Waals surface area contributed by atoms with E-state index in [1.54, 1.807) is 50.4 Å². The van der Waals surface area contributed by atoms with Crippen LogP contribution in [0.4, 0.5) is 5.69 Å². The third kappa shape index (κ3) is 4.06. The van der Waals surface area contributed by atoms with E-state index in [0.717, 1.165) is 0 Å². The van der Waals surface area contributed by atoms with Gasteiger partial charge in [-0.1, -0.05) is 35.3 Å². The molecule has 0 saturated heterocycles. The fourth-order valence-electron chi connectivity index (χ4n) is 1.80. The summed E-state index contributed by atoms with van der Waals surface area (Å²) in [6.07, 6.45) is -0.733. The zero-order valence-electron chi connectivity index (χ0n) is 12.1. The summed E-state index contributed by atoms with van der Waals surface area (Å²) in [6.45, 7) is 1.63. The number of anilines is 1. The molecule has 116 valence electrons. The topological polar surface area (TPSA) is 47.6 Å². The van der Waals surface area contributed by atoms with E-state index in [0.29, 0.717) is 27.2 Å². The van der Waals surface area contributed by atoms with Crippen molar-refractivity contribution in [2.75, 3.05) is 12.4 Å². The van der Waals surface area contributed by atoms with Gasteiger partial charge in [0.25, 0.3) is 5.91 Å². The summed E-state index contributed by atoms with van der Waals surface area (Å²) >= 11 is 11.8. The van der Waals surface area contributed by atoms with E-state index in [2.05, 4.69) is 5.32 Å². The maximum Gasteiger partial charge on any atom is 0.265 e. The molecule has 0 spiro atoms. The number of para-hydroxylation sites is 2. The maximum atomic E-state index is 12.2. The lowest BCUT2D eigenvalue weighted by Crippen LogP contribution is -2.30. The molecule has 6 heteroatoms. The predicted molar refractivity (Wildman–Crippen MR) is 88.2 cm³/mol. The number of nitrogens with one attached hydrogen (secondary N) is 1. The van der Waals surface area contributed by atoms with Gasteiger partial charge in [-0.2, -0.15) is 0 Å². The van der Waals surface area contributed by atoms with E-state index >= 15 is 0 Å². The second-order valence-corrected chi connectivity index (χ2v) is 5.37. The molecule has 0 aliphatic carbocycles. The van der Waals surface area contributed by atoms with Crippen molar-refractivity contribution in [2.45, 2.75) is 13.0 Å². The molecule has 0 aliphatic rings. The number of carbonyl (C=O) groups is 1. The Morgan fingerprint density at radius 1 is 1.14 bits per heavy atom. The fourth-order valence-corrected chi connectivity index (χ4v) is 2.25. The van der Waals surface area contributed by atoms with E-state index in [-0.39, 0.29) is 5.91 Å². The first-order valence-electron chi connectivity index (χ1n) is 6.57. The molecule has 1 N–H and O–H groups in total. The van der Waals surface area contributed by atoms with Gasteiger partial charge in [0, 0.05) is 5.02 Å². The Bertz CT molecular complexity index is 676. The molecule has 22 heavy (non-hydrogen) atoms. The van der Waals surface area contributed by atoms with Crippen LogP contribution in [0.3, 0.4) is 0 Å². The average molecular weight is 340 g/mol. The molecular formula is C16H15Cl2NO3. The molecule has 1 atom stereocenters. The normalized spacial score (nSPS) is 11.6. The molecule has 2 aromatic rings. The number of rotatable bonds is 5. The smallest absolute Gasteiger partial charge is 0.265 e. The second kappa shape index (κ2) is 7.38. The van der Waals surface area contributed by atoms with Crippen LogP contribution in [0.2, 0.25) is 10.0 Å². The van der Waals surface area contributed by atoms with E-state index in [9.17, 15) is 4.79 Å². The van der Waals surface area contributed by atoms with Crippen LogP contribution in [-0.2, 0) is 4.79 Å². The van der Waals surface area contributed by atoms with Crippen LogP contribution in [0.1, 0.15) is 6.92 Å². The average Bonchev–Trinajstić information content (AvgIpc) is 2.50. The summed E-state index contributed by atoms with van der Waals surface area (Å²) in [5.41, 5.74) is 0.577. The van der Waals surface area contributed by atoms with Gasteiger partial charge in [0.05, 0.1) is 17.8 Å². The van der Waals surface area contributed by atoms with Gasteiger partial charge in [0.15, 0.2) is 6.10 Å².